The molecule has 22 heavy (non-hydrogen) atoms. The van der Waals surface area contributed by atoms with Crippen molar-refractivity contribution in [3.63, 3.8) is 0 Å². The quantitative estimate of drug-likeness (QED) is 0.878. The highest BCUT2D eigenvalue weighted by atomic mass is 16.5. The molecule has 0 fully saturated rings. The number of methoxy groups -OCH3 is 1. The van der Waals surface area contributed by atoms with Crippen LogP contribution in [0.15, 0.2) is 43.0 Å². The molecule has 0 spiro atoms. The van der Waals surface area contributed by atoms with Gasteiger partial charge in [0.1, 0.15) is 23.7 Å². The first-order valence-electron chi connectivity index (χ1n) is 6.82. The Morgan fingerprint density at radius 3 is 2.68 bits per heavy atom. The van der Waals surface area contributed by atoms with Crippen molar-refractivity contribution in [3.8, 4) is 11.5 Å². The minimum Gasteiger partial charge on any atom is -0.496 e. The van der Waals surface area contributed by atoms with Crippen LogP contribution in [-0.2, 0) is 6.61 Å². The predicted molar refractivity (Wildman–Crippen MR) is 85.6 cm³/mol. The van der Waals surface area contributed by atoms with E-state index in [9.17, 15) is 9.90 Å². The fraction of sp³-hybridized carbons (Fsp3) is 0.167. The number of carboxylic acid groups (broad SMARTS) is 1. The number of hydrogen-bond donors (Lipinski definition) is 1. The van der Waals surface area contributed by atoms with Crippen molar-refractivity contribution in [3.05, 3.63) is 65.2 Å². The van der Waals surface area contributed by atoms with Crippen LogP contribution in [-0.4, -0.2) is 18.2 Å². The maximum absolute atomic E-state index is 11.3. The highest BCUT2D eigenvalue weighted by molar-refractivity contribution is 5.92. The summed E-state index contributed by atoms with van der Waals surface area (Å²) in [7, 11) is 1.45. The van der Waals surface area contributed by atoms with E-state index < -0.39 is 5.97 Å². The summed E-state index contributed by atoms with van der Waals surface area (Å²) in [6, 6.07) is 11.0. The molecule has 0 saturated carbocycles. The summed E-state index contributed by atoms with van der Waals surface area (Å²) in [5, 5.41) is 9.26. The number of rotatable bonds is 6. The molecule has 2 aromatic rings. The minimum atomic E-state index is -1.04. The van der Waals surface area contributed by atoms with Gasteiger partial charge in [-0.15, -0.1) is 0 Å². The summed E-state index contributed by atoms with van der Waals surface area (Å²) in [5.74, 6) is -0.196. The fourth-order valence-corrected chi connectivity index (χ4v) is 2.28. The summed E-state index contributed by atoms with van der Waals surface area (Å²) in [6.07, 6.45) is 1.76. The third-order valence-corrected chi connectivity index (χ3v) is 3.35. The van der Waals surface area contributed by atoms with Crippen LogP contribution < -0.4 is 9.47 Å². The van der Waals surface area contributed by atoms with Gasteiger partial charge in [0.05, 0.1) is 7.11 Å². The van der Waals surface area contributed by atoms with E-state index in [-0.39, 0.29) is 5.56 Å². The number of ether oxygens (including phenoxy) is 2. The van der Waals surface area contributed by atoms with Gasteiger partial charge in [0.2, 0.25) is 0 Å². The van der Waals surface area contributed by atoms with Gasteiger partial charge >= 0.3 is 5.97 Å². The third kappa shape index (κ3) is 3.28. The zero-order valence-corrected chi connectivity index (χ0v) is 12.6. The van der Waals surface area contributed by atoms with Crippen LogP contribution in [0.25, 0.3) is 6.08 Å². The summed E-state index contributed by atoms with van der Waals surface area (Å²) in [4.78, 5) is 11.3. The fourth-order valence-electron chi connectivity index (χ4n) is 2.28. The number of benzene rings is 2. The molecule has 2 rings (SSSR count). The van der Waals surface area contributed by atoms with Crippen molar-refractivity contribution in [1.29, 1.82) is 0 Å². The van der Waals surface area contributed by atoms with Gasteiger partial charge in [-0.1, -0.05) is 36.9 Å². The van der Waals surface area contributed by atoms with Gasteiger partial charge in [-0.05, 0) is 35.7 Å². The van der Waals surface area contributed by atoms with Crippen LogP contribution >= 0.6 is 0 Å². The van der Waals surface area contributed by atoms with Crippen molar-refractivity contribution in [2.24, 2.45) is 0 Å². The third-order valence-electron chi connectivity index (χ3n) is 3.35. The lowest BCUT2D eigenvalue weighted by atomic mass is 10.1. The van der Waals surface area contributed by atoms with Crippen LogP contribution in [0.3, 0.4) is 0 Å². The average Bonchev–Trinajstić information content (AvgIpc) is 2.52. The van der Waals surface area contributed by atoms with E-state index in [1.165, 1.54) is 13.2 Å². The molecule has 0 atom stereocenters. The molecule has 114 valence electrons. The van der Waals surface area contributed by atoms with Crippen LogP contribution in [0.4, 0.5) is 0 Å². The van der Waals surface area contributed by atoms with Crippen LogP contribution in [0.2, 0.25) is 0 Å². The molecule has 0 unspecified atom stereocenters. The van der Waals surface area contributed by atoms with Crippen molar-refractivity contribution < 1.29 is 19.4 Å². The molecule has 0 radical (unpaired) electrons. The zero-order chi connectivity index (χ0) is 16.1. The maximum Gasteiger partial charge on any atom is 0.339 e. The van der Waals surface area contributed by atoms with Crippen LogP contribution in [0, 0.1) is 6.92 Å². The molecular formula is C18H18O4. The summed E-state index contributed by atoms with van der Waals surface area (Å²) in [6.45, 7) is 5.90. The van der Waals surface area contributed by atoms with Crippen molar-refractivity contribution in [1.82, 2.24) is 0 Å². The second-order valence-corrected chi connectivity index (χ2v) is 4.82. The smallest absolute Gasteiger partial charge is 0.339 e. The van der Waals surface area contributed by atoms with E-state index in [4.69, 9.17) is 9.47 Å². The minimum absolute atomic E-state index is 0.0921. The predicted octanol–water partition coefficient (Wildman–Crippen LogP) is 3.92. The summed E-state index contributed by atoms with van der Waals surface area (Å²) < 4.78 is 10.9. The Hall–Kier alpha value is -2.75. The number of hydrogen-bond acceptors (Lipinski definition) is 3. The Labute approximate surface area is 129 Å². The lowest BCUT2D eigenvalue weighted by molar-refractivity contribution is 0.0692. The normalized spacial score (nSPS) is 10.1. The first kappa shape index (κ1) is 15.6. The molecule has 2 aromatic carbocycles. The van der Waals surface area contributed by atoms with Gasteiger partial charge in [0, 0.05) is 0 Å². The Bertz CT molecular complexity index is 704. The van der Waals surface area contributed by atoms with Gasteiger partial charge in [0.25, 0.3) is 0 Å². The van der Waals surface area contributed by atoms with E-state index in [1.54, 1.807) is 19.1 Å². The molecule has 0 saturated heterocycles. The molecule has 0 heterocycles. The van der Waals surface area contributed by atoms with Crippen molar-refractivity contribution in [2.75, 3.05) is 7.11 Å². The molecule has 0 amide bonds. The largest absolute Gasteiger partial charge is 0.496 e. The highest BCUT2D eigenvalue weighted by Crippen LogP contribution is 2.29. The van der Waals surface area contributed by atoms with Gasteiger partial charge in [-0.3, -0.25) is 0 Å². The summed E-state index contributed by atoms with van der Waals surface area (Å²) >= 11 is 0. The average molecular weight is 298 g/mol. The topological polar surface area (TPSA) is 55.8 Å². The molecule has 4 heteroatoms. The number of aryl methyl sites for hydroxylation is 1. The Kier molecular flexibility index (Phi) is 4.84. The van der Waals surface area contributed by atoms with Gasteiger partial charge < -0.3 is 14.6 Å². The number of carboxylic acids is 1. The molecule has 4 nitrogen and oxygen atoms in total. The SMILES string of the molecule is C=Cc1ccccc1COc1cc(C)c(OC)c(C(=O)O)c1. The number of aromatic carboxylic acids is 1. The second-order valence-electron chi connectivity index (χ2n) is 4.82. The molecule has 0 aromatic heterocycles. The van der Waals surface area contributed by atoms with Crippen molar-refractivity contribution in [2.45, 2.75) is 13.5 Å². The first-order chi connectivity index (χ1) is 10.6. The Morgan fingerprint density at radius 1 is 1.32 bits per heavy atom. The van der Waals surface area contributed by atoms with E-state index in [0.717, 1.165) is 16.7 Å². The number of carbonyl (C=O) groups is 1. The van der Waals surface area contributed by atoms with Gasteiger partial charge in [0.15, 0.2) is 0 Å². The van der Waals surface area contributed by atoms with E-state index in [2.05, 4.69) is 6.58 Å². The molecule has 0 aliphatic rings. The highest BCUT2D eigenvalue weighted by Gasteiger charge is 2.15. The lowest BCUT2D eigenvalue weighted by Crippen LogP contribution is -2.04. The molecular weight excluding hydrogens is 280 g/mol. The van der Waals surface area contributed by atoms with E-state index >= 15 is 0 Å². The van der Waals surface area contributed by atoms with Gasteiger partial charge in [-0.25, -0.2) is 4.79 Å². The first-order valence-corrected chi connectivity index (χ1v) is 6.82. The monoisotopic (exact) mass is 298 g/mol. The maximum atomic E-state index is 11.3. The standard InChI is InChI=1S/C18H18O4/c1-4-13-7-5-6-8-14(13)11-22-15-9-12(2)17(21-3)16(10-15)18(19)20/h4-10H,1,11H2,2-3H3,(H,19,20). The molecule has 1 N–H and O–H groups in total. The molecule has 0 aliphatic carbocycles. The summed E-state index contributed by atoms with van der Waals surface area (Å²) in [5.41, 5.74) is 2.79. The van der Waals surface area contributed by atoms with Crippen LogP contribution in [0.1, 0.15) is 27.0 Å². The lowest BCUT2D eigenvalue weighted by Gasteiger charge is -2.13. The van der Waals surface area contributed by atoms with Crippen molar-refractivity contribution >= 4 is 12.0 Å². The van der Waals surface area contributed by atoms with E-state index in [1.807, 2.05) is 24.3 Å². The van der Waals surface area contributed by atoms with Crippen LogP contribution in [0.5, 0.6) is 11.5 Å². The van der Waals surface area contributed by atoms with E-state index in [0.29, 0.717) is 18.1 Å². The second kappa shape index (κ2) is 6.80. The Morgan fingerprint density at radius 2 is 2.05 bits per heavy atom. The van der Waals surface area contributed by atoms with Gasteiger partial charge in [-0.2, -0.15) is 0 Å². The zero-order valence-electron chi connectivity index (χ0n) is 12.6. The molecule has 0 aliphatic heterocycles. The Balaban J connectivity index is 2.27. The molecule has 0 bridgehead atoms.